The minimum Gasteiger partial charge on any atom is -0.508 e. The Hall–Kier alpha value is -0.810. The van der Waals surface area contributed by atoms with Gasteiger partial charge in [0.15, 0.2) is 0 Å². The SMILES string of the molecule is CC(C)c1cc(O)cc2sn(CBr)c(=O)c12. The van der Waals surface area contributed by atoms with Gasteiger partial charge in [-0.25, -0.2) is 0 Å². The van der Waals surface area contributed by atoms with Crippen molar-refractivity contribution in [3.63, 3.8) is 0 Å². The molecule has 3 nitrogen and oxygen atoms in total. The number of alkyl halides is 1. The topological polar surface area (TPSA) is 42.2 Å². The van der Waals surface area contributed by atoms with Gasteiger partial charge in [-0.3, -0.25) is 8.75 Å². The summed E-state index contributed by atoms with van der Waals surface area (Å²) < 4.78 is 2.48. The number of nitrogens with zero attached hydrogens (tertiary/aromatic N) is 1. The maximum absolute atomic E-state index is 12.1. The molecular weight excluding hydrogens is 290 g/mol. The quantitative estimate of drug-likeness (QED) is 0.865. The highest BCUT2D eigenvalue weighted by molar-refractivity contribution is 9.08. The van der Waals surface area contributed by atoms with Crippen molar-refractivity contribution in [2.45, 2.75) is 25.2 Å². The van der Waals surface area contributed by atoms with Crippen LogP contribution in [0.2, 0.25) is 0 Å². The molecule has 1 heterocycles. The third-order valence-electron chi connectivity index (χ3n) is 2.50. The van der Waals surface area contributed by atoms with E-state index < -0.39 is 0 Å². The lowest BCUT2D eigenvalue weighted by atomic mass is 9.99. The Bertz CT molecular complexity index is 585. The smallest absolute Gasteiger partial charge is 0.269 e. The summed E-state index contributed by atoms with van der Waals surface area (Å²) in [6.45, 7) is 4.04. The molecule has 0 radical (unpaired) electrons. The summed E-state index contributed by atoms with van der Waals surface area (Å²) in [6.07, 6.45) is 0. The number of hydrogen-bond acceptors (Lipinski definition) is 3. The highest BCUT2D eigenvalue weighted by Crippen LogP contribution is 2.30. The van der Waals surface area contributed by atoms with Gasteiger partial charge in [0.05, 0.1) is 15.5 Å². The molecular formula is C11H12BrNO2S. The van der Waals surface area contributed by atoms with Gasteiger partial charge < -0.3 is 5.11 Å². The lowest BCUT2D eigenvalue weighted by Gasteiger charge is -2.06. The second kappa shape index (κ2) is 4.22. The Balaban J connectivity index is 2.89. The maximum Gasteiger partial charge on any atom is 0.269 e. The lowest BCUT2D eigenvalue weighted by molar-refractivity contribution is 0.475. The molecule has 0 bridgehead atoms. The van der Waals surface area contributed by atoms with E-state index in [2.05, 4.69) is 15.9 Å². The van der Waals surface area contributed by atoms with Crippen LogP contribution in [0.5, 0.6) is 5.75 Å². The largest absolute Gasteiger partial charge is 0.508 e. The second-order valence-corrected chi connectivity index (χ2v) is 5.52. The summed E-state index contributed by atoms with van der Waals surface area (Å²) in [5.74, 6) is 0.444. The molecule has 0 saturated carbocycles. The van der Waals surface area contributed by atoms with Crippen LogP contribution in [0.1, 0.15) is 25.3 Å². The van der Waals surface area contributed by atoms with Crippen molar-refractivity contribution in [3.05, 3.63) is 28.0 Å². The number of rotatable bonds is 2. The molecule has 5 heteroatoms. The first-order chi connectivity index (χ1) is 7.54. The van der Waals surface area contributed by atoms with Crippen molar-refractivity contribution in [1.82, 2.24) is 3.96 Å². The van der Waals surface area contributed by atoms with Crippen LogP contribution in [-0.4, -0.2) is 9.06 Å². The lowest BCUT2D eigenvalue weighted by Crippen LogP contribution is -2.11. The number of phenolic OH excluding ortho intramolecular Hbond substituents is 1. The predicted molar refractivity (Wildman–Crippen MR) is 70.8 cm³/mol. The molecule has 2 aromatic rings. The zero-order valence-corrected chi connectivity index (χ0v) is 11.4. The summed E-state index contributed by atoms with van der Waals surface area (Å²) in [6, 6.07) is 3.33. The second-order valence-electron chi connectivity index (χ2n) is 3.96. The van der Waals surface area contributed by atoms with Crippen LogP contribution in [-0.2, 0) is 5.45 Å². The van der Waals surface area contributed by atoms with Crippen LogP contribution >= 0.6 is 27.5 Å². The van der Waals surface area contributed by atoms with Crippen LogP contribution in [0.3, 0.4) is 0 Å². The van der Waals surface area contributed by atoms with Gasteiger partial charge in [-0.15, -0.1) is 0 Å². The van der Waals surface area contributed by atoms with Crippen molar-refractivity contribution in [1.29, 1.82) is 0 Å². The predicted octanol–water partition coefficient (Wildman–Crippen LogP) is 3.24. The summed E-state index contributed by atoms with van der Waals surface area (Å²) in [7, 11) is 0. The molecule has 2 rings (SSSR count). The van der Waals surface area contributed by atoms with E-state index in [4.69, 9.17) is 0 Å². The Morgan fingerprint density at radius 1 is 1.50 bits per heavy atom. The Labute approximate surface area is 106 Å². The molecule has 0 amide bonds. The molecule has 86 valence electrons. The van der Waals surface area contributed by atoms with Crippen LogP contribution in [0, 0.1) is 0 Å². The highest BCUT2D eigenvalue weighted by atomic mass is 79.9. The number of benzene rings is 1. The van der Waals surface area contributed by atoms with Gasteiger partial charge in [0.2, 0.25) is 0 Å². The molecule has 1 aromatic carbocycles. The van der Waals surface area contributed by atoms with Crippen molar-refractivity contribution in [2.75, 3.05) is 0 Å². The zero-order chi connectivity index (χ0) is 11.9. The molecule has 0 unspecified atom stereocenters. The normalized spacial score (nSPS) is 11.5. The minimum atomic E-state index is 0.0144. The molecule has 0 aliphatic rings. The zero-order valence-electron chi connectivity index (χ0n) is 9.03. The first-order valence-electron chi connectivity index (χ1n) is 4.97. The van der Waals surface area contributed by atoms with E-state index in [0.29, 0.717) is 5.45 Å². The number of phenols is 1. The molecule has 0 fully saturated rings. The number of fused-ring (bicyclic) bond motifs is 1. The van der Waals surface area contributed by atoms with Gasteiger partial charge in [-0.1, -0.05) is 41.3 Å². The molecule has 0 atom stereocenters. The van der Waals surface area contributed by atoms with E-state index in [1.807, 2.05) is 13.8 Å². The molecule has 0 aliphatic heterocycles. The van der Waals surface area contributed by atoms with E-state index in [0.717, 1.165) is 15.6 Å². The fourth-order valence-corrected chi connectivity index (χ4v) is 3.21. The minimum absolute atomic E-state index is 0.0144. The third kappa shape index (κ3) is 1.78. The molecule has 1 N–H and O–H groups in total. The first-order valence-corrected chi connectivity index (χ1v) is 6.86. The van der Waals surface area contributed by atoms with Crippen molar-refractivity contribution in [2.24, 2.45) is 0 Å². The van der Waals surface area contributed by atoms with E-state index in [-0.39, 0.29) is 17.2 Å². The number of halogens is 1. The van der Waals surface area contributed by atoms with Gasteiger partial charge in [0.1, 0.15) is 5.75 Å². The molecule has 1 aromatic heterocycles. The Kier molecular flexibility index (Phi) is 3.08. The number of hydrogen-bond donors (Lipinski definition) is 1. The van der Waals surface area contributed by atoms with Gasteiger partial charge >= 0.3 is 0 Å². The molecule has 0 aliphatic carbocycles. The van der Waals surface area contributed by atoms with E-state index in [9.17, 15) is 9.90 Å². The van der Waals surface area contributed by atoms with Crippen molar-refractivity contribution in [3.8, 4) is 5.75 Å². The molecule has 16 heavy (non-hydrogen) atoms. The first kappa shape index (κ1) is 11.7. The molecule has 0 spiro atoms. The summed E-state index contributed by atoms with van der Waals surface area (Å²) >= 11 is 4.64. The van der Waals surface area contributed by atoms with Gasteiger partial charge in [0, 0.05) is 0 Å². The van der Waals surface area contributed by atoms with Gasteiger partial charge in [-0.05, 0) is 23.6 Å². The summed E-state index contributed by atoms with van der Waals surface area (Å²) in [5.41, 5.74) is 1.42. The summed E-state index contributed by atoms with van der Waals surface area (Å²) in [4.78, 5) is 12.1. The average molecular weight is 302 g/mol. The number of aromatic nitrogens is 1. The standard InChI is InChI=1S/C11H12BrNO2S/c1-6(2)8-3-7(14)4-9-10(8)11(15)13(5-12)16-9/h3-4,6,14H,5H2,1-2H3. The van der Waals surface area contributed by atoms with E-state index in [1.54, 1.807) is 16.1 Å². The summed E-state index contributed by atoms with van der Waals surface area (Å²) in [5, 5.41) is 10.4. The Morgan fingerprint density at radius 2 is 2.19 bits per heavy atom. The third-order valence-corrected chi connectivity index (χ3v) is 4.36. The van der Waals surface area contributed by atoms with E-state index in [1.165, 1.54) is 11.5 Å². The number of aromatic hydroxyl groups is 1. The van der Waals surface area contributed by atoms with Gasteiger partial charge in [-0.2, -0.15) is 0 Å². The van der Waals surface area contributed by atoms with Crippen LogP contribution in [0.25, 0.3) is 10.1 Å². The molecule has 0 saturated heterocycles. The average Bonchev–Trinajstić information content (AvgIpc) is 2.54. The van der Waals surface area contributed by atoms with Crippen LogP contribution < -0.4 is 5.56 Å². The van der Waals surface area contributed by atoms with Gasteiger partial charge in [0.25, 0.3) is 5.56 Å². The monoisotopic (exact) mass is 301 g/mol. The van der Waals surface area contributed by atoms with Crippen molar-refractivity contribution < 1.29 is 5.11 Å². The maximum atomic E-state index is 12.1. The van der Waals surface area contributed by atoms with E-state index >= 15 is 0 Å². The van der Waals surface area contributed by atoms with Crippen molar-refractivity contribution >= 4 is 37.5 Å². The Morgan fingerprint density at radius 3 is 2.75 bits per heavy atom. The highest BCUT2D eigenvalue weighted by Gasteiger charge is 2.14. The van der Waals surface area contributed by atoms with Crippen LogP contribution in [0.4, 0.5) is 0 Å². The van der Waals surface area contributed by atoms with Crippen LogP contribution in [0.15, 0.2) is 16.9 Å². The fraction of sp³-hybridized carbons (Fsp3) is 0.364. The fourth-order valence-electron chi connectivity index (χ4n) is 1.74.